The number of hydrogen-bond donors (Lipinski definition) is 0. The van der Waals surface area contributed by atoms with Gasteiger partial charge in [0.2, 0.25) is 0 Å². The van der Waals surface area contributed by atoms with Crippen molar-refractivity contribution in [3.63, 3.8) is 0 Å². The van der Waals surface area contributed by atoms with E-state index in [2.05, 4.69) is 47.8 Å². The summed E-state index contributed by atoms with van der Waals surface area (Å²) in [6.45, 7) is 0.308. The molecule has 0 amide bonds. The fourth-order valence-corrected chi connectivity index (χ4v) is 5.93. The van der Waals surface area contributed by atoms with Gasteiger partial charge >= 0.3 is 0 Å². The molecule has 33 heavy (non-hydrogen) atoms. The smallest absolute Gasteiger partial charge is 0.185 e. The van der Waals surface area contributed by atoms with E-state index in [0.717, 1.165) is 41.1 Å². The number of allylic oxidation sites excluding steroid dienone is 1. The van der Waals surface area contributed by atoms with Crippen molar-refractivity contribution in [3.05, 3.63) is 109 Å². The zero-order valence-electron chi connectivity index (χ0n) is 17.6. The molecule has 166 valence electrons. The van der Waals surface area contributed by atoms with E-state index in [1.165, 1.54) is 0 Å². The predicted molar refractivity (Wildman–Crippen MR) is 144 cm³/mol. The maximum absolute atomic E-state index is 12.7. The Kier molecular flexibility index (Phi) is 7.68. The van der Waals surface area contributed by atoms with Crippen LogP contribution in [0.1, 0.15) is 21.5 Å². The topological polar surface area (TPSA) is 35.5 Å². The van der Waals surface area contributed by atoms with Crippen LogP contribution in [0.15, 0.2) is 92.3 Å². The van der Waals surface area contributed by atoms with E-state index in [4.69, 9.17) is 9.47 Å². The van der Waals surface area contributed by atoms with E-state index in [9.17, 15) is 4.79 Å². The van der Waals surface area contributed by atoms with Gasteiger partial charge in [-0.15, -0.1) is 0 Å². The van der Waals surface area contributed by atoms with Crippen LogP contribution < -0.4 is 9.47 Å². The van der Waals surface area contributed by atoms with Crippen molar-refractivity contribution in [1.29, 1.82) is 0 Å². The van der Waals surface area contributed by atoms with Crippen molar-refractivity contribution in [1.82, 2.24) is 0 Å². The summed E-state index contributed by atoms with van der Waals surface area (Å²) < 4.78 is 14.2. The van der Waals surface area contributed by atoms with E-state index in [1.54, 1.807) is 13.2 Å². The number of methoxy groups -OCH3 is 1. The number of carbonyl (C=O) groups excluding carboxylic acids is 1. The van der Waals surface area contributed by atoms with Gasteiger partial charge in [-0.05, 0) is 84.6 Å². The first kappa shape index (κ1) is 23.7. The molecule has 4 rings (SSSR count). The largest absolute Gasteiger partial charge is 0.496 e. The van der Waals surface area contributed by atoms with Crippen LogP contribution in [0.4, 0.5) is 0 Å². The zero-order chi connectivity index (χ0) is 23.4. The molecule has 0 aromatic heterocycles. The average molecular weight is 631 g/mol. The number of fused-ring (bicyclic) bond motifs is 1. The van der Waals surface area contributed by atoms with Gasteiger partial charge in [-0.3, -0.25) is 4.79 Å². The molecule has 0 aliphatic heterocycles. The van der Waals surface area contributed by atoms with Gasteiger partial charge in [0.05, 0.1) is 16.1 Å². The van der Waals surface area contributed by atoms with E-state index in [0.29, 0.717) is 17.9 Å². The average Bonchev–Trinajstić information content (AvgIpc) is 2.81. The molecule has 6 heteroatoms. The number of hydrogen-bond acceptors (Lipinski definition) is 3. The third-order valence-electron chi connectivity index (χ3n) is 5.10. The molecule has 0 aliphatic rings. The molecule has 4 aromatic carbocycles. The number of carbonyl (C=O) groups is 1. The lowest BCUT2D eigenvalue weighted by atomic mass is 10.0. The molecule has 4 aromatic rings. The minimum absolute atomic E-state index is 0.0444. The van der Waals surface area contributed by atoms with Crippen LogP contribution >= 0.6 is 47.8 Å². The summed E-state index contributed by atoms with van der Waals surface area (Å²) >= 11 is 10.5. The molecule has 0 aliphatic carbocycles. The Morgan fingerprint density at radius 3 is 2.33 bits per heavy atom. The first-order chi connectivity index (χ1) is 15.9. The molecule has 0 N–H and O–H groups in total. The third kappa shape index (κ3) is 5.75. The van der Waals surface area contributed by atoms with E-state index >= 15 is 0 Å². The van der Waals surface area contributed by atoms with Crippen molar-refractivity contribution in [2.45, 2.75) is 6.61 Å². The minimum Gasteiger partial charge on any atom is -0.496 e. The summed E-state index contributed by atoms with van der Waals surface area (Å²) in [4.78, 5) is 12.7. The lowest BCUT2D eigenvalue weighted by Gasteiger charge is -2.14. The summed E-state index contributed by atoms with van der Waals surface area (Å²) in [5.74, 6) is 1.38. The van der Waals surface area contributed by atoms with Gasteiger partial charge in [-0.2, -0.15) is 0 Å². The molecule has 0 saturated heterocycles. The lowest BCUT2D eigenvalue weighted by molar-refractivity contribution is 0.104. The lowest BCUT2D eigenvalue weighted by Crippen LogP contribution is -2.00. The monoisotopic (exact) mass is 628 g/mol. The van der Waals surface area contributed by atoms with Crippen LogP contribution in [0.3, 0.4) is 0 Å². The highest BCUT2D eigenvalue weighted by Gasteiger charge is 2.11. The van der Waals surface area contributed by atoms with Crippen molar-refractivity contribution in [3.8, 4) is 11.5 Å². The van der Waals surface area contributed by atoms with Crippen LogP contribution in [0.25, 0.3) is 16.8 Å². The van der Waals surface area contributed by atoms with Gasteiger partial charge < -0.3 is 9.47 Å². The fraction of sp³-hybridized carbons (Fsp3) is 0.0741. The van der Waals surface area contributed by atoms with Crippen LogP contribution in [0.2, 0.25) is 0 Å². The molecule has 3 nitrogen and oxygen atoms in total. The summed E-state index contributed by atoms with van der Waals surface area (Å²) in [6, 6.07) is 23.4. The first-order valence-corrected chi connectivity index (χ1v) is 12.5. The molecule has 0 saturated carbocycles. The maximum atomic E-state index is 12.7. The molecule has 0 heterocycles. The summed E-state index contributed by atoms with van der Waals surface area (Å²) in [5, 5.41) is 2.16. The quantitative estimate of drug-likeness (QED) is 0.152. The van der Waals surface area contributed by atoms with Gasteiger partial charge in [0.25, 0.3) is 0 Å². The second-order valence-electron chi connectivity index (χ2n) is 7.32. The second kappa shape index (κ2) is 10.7. The molecule has 0 spiro atoms. The first-order valence-electron chi connectivity index (χ1n) is 10.1. The van der Waals surface area contributed by atoms with Gasteiger partial charge in [0, 0.05) is 15.6 Å². The van der Waals surface area contributed by atoms with Crippen LogP contribution in [0, 0.1) is 0 Å². The Morgan fingerprint density at radius 1 is 0.879 bits per heavy atom. The van der Waals surface area contributed by atoms with Gasteiger partial charge in [0.15, 0.2) is 5.78 Å². The van der Waals surface area contributed by atoms with Crippen molar-refractivity contribution in [2.24, 2.45) is 0 Å². The van der Waals surface area contributed by atoms with Crippen molar-refractivity contribution >= 4 is 70.4 Å². The Morgan fingerprint density at radius 2 is 1.61 bits per heavy atom. The van der Waals surface area contributed by atoms with E-state index < -0.39 is 0 Å². The van der Waals surface area contributed by atoms with Gasteiger partial charge in [-0.1, -0.05) is 64.5 Å². The number of halogens is 3. The van der Waals surface area contributed by atoms with E-state index in [1.807, 2.05) is 78.9 Å². The van der Waals surface area contributed by atoms with Gasteiger partial charge in [0.1, 0.15) is 18.1 Å². The molecule has 0 atom stereocenters. The summed E-state index contributed by atoms with van der Waals surface area (Å²) in [6.07, 6.45) is 3.41. The standard InChI is InChI=1S/C27H19Br3O3/c1-32-26-11-7-17(12-21(26)16-33-27-23(29)14-22(28)15-24(27)30)6-10-25(31)20-9-8-18-4-2-3-5-19(18)13-20/h2-15H,16H2,1H3/b10-6+. The number of rotatable bonds is 7. The third-order valence-corrected chi connectivity index (χ3v) is 6.74. The van der Waals surface area contributed by atoms with E-state index in [-0.39, 0.29) is 5.78 Å². The van der Waals surface area contributed by atoms with Crippen LogP contribution in [0.5, 0.6) is 11.5 Å². The molecular weight excluding hydrogens is 612 g/mol. The molecule has 0 radical (unpaired) electrons. The van der Waals surface area contributed by atoms with Crippen molar-refractivity contribution in [2.75, 3.05) is 7.11 Å². The highest BCUT2D eigenvalue weighted by molar-refractivity contribution is 9.11. The number of ether oxygens (including phenoxy) is 2. The number of benzene rings is 4. The normalized spacial score (nSPS) is 11.2. The van der Waals surface area contributed by atoms with Gasteiger partial charge in [-0.25, -0.2) is 0 Å². The molecular formula is C27H19Br3O3. The fourth-order valence-electron chi connectivity index (χ4n) is 3.44. The predicted octanol–water partition coefficient (Wildman–Crippen LogP) is 8.61. The van der Waals surface area contributed by atoms with Crippen molar-refractivity contribution < 1.29 is 14.3 Å². The SMILES string of the molecule is COc1ccc(/C=C/C(=O)c2ccc3ccccc3c2)cc1COc1c(Br)cc(Br)cc1Br. The Hall–Kier alpha value is -2.41. The zero-order valence-corrected chi connectivity index (χ0v) is 22.4. The Labute approximate surface area is 217 Å². The highest BCUT2D eigenvalue weighted by Crippen LogP contribution is 2.37. The van der Waals surface area contributed by atoms with Crippen LogP contribution in [-0.4, -0.2) is 12.9 Å². The Balaban J connectivity index is 1.53. The maximum Gasteiger partial charge on any atom is 0.185 e. The second-order valence-corrected chi connectivity index (χ2v) is 9.94. The minimum atomic E-state index is -0.0444. The van der Waals surface area contributed by atoms with Crippen LogP contribution in [-0.2, 0) is 6.61 Å². The summed E-state index contributed by atoms with van der Waals surface area (Å²) in [7, 11) is 1.63. The molecule has 0 fully saturated rings. The molecule has 0 bridgehead atoms. The highest BCUT2D eigenvalue weighted by atomic mass is 79.9. The Bertz CT molecular complexity index is 1340. The number of ketones is 1. The summed E-state index contributed by atoms with van der Waals surface area (Å²) in [5.41, 5.74) is 2.42. The molecule has 0 unspecified atom stereocenters.